The Morgan fingerprint density at radius 2 is 1.88 bits per heavy atom. The lowest BCUT2D eigenvalue weighted by atomic mass is 10.1. The van der Waals surface area contributed by atoms with Crippen LogP contribution in [0.5, 0.6) is 0 Å². The van der Waals surface area contributed by atoms with E-state index in [2.05, 4.69) is 24.0 Å². The van der Waals surface area contributed by atoms with E-state index in [4.69, 9.17) is 5.73 Å². The SMILES string of the molecule is CC#CCn1c(N2CCC[C@@H](N)C2)c(C#N)c2c1c(=O)n(Cc1ccccc1C#N)c(=O)n2C. The molecule has 0 radical (unpaired) electrons. The summed E-state index contributed by atoms with van der Waals surface area (Å²) >= 11 is 0. The van der Waals surface area contributed by atoms with Crippen LogP contribution in [0.1, 0.15) is 36.5 Å². The van der Waals surface area contributed by atoms with E-state index in [0.717, 1.165) is 17.4 Å². The highest BCUT2D eigenvalue weighted by Gasteiger charge is 2.29. The number of anilines is 1. The van der Waals surface area contributed by atoms with Gasteiger partial charge in [0.15, 0.2) is 0 Å². The minimum absolute atomic E-state index is 0.0491. The monoisotopic (exact) mass is 455 g/mol. The lowest BCUT2D eigenvalue weighted by Gasteiger charge is -2.33. The number of piperidine rings is 1. The van der Waals surface area contributed by atoms with Crippen molar-refractivity contribution in [2.45, 2.75) is 38.9 Å². The highest BCUT2D eigenvalue weighted by atomic mass is 16.2. The van der Waals surface area contributed by atoms with E-state index in [1.54, 1.807) is 42.8 Å². The standard InChI is InChI=1S/C25H25N7O2/c1-3-4-12-31-22-21(20(14-27)23(31)30-11-7-10-19(28)16-30)29(2)25(34)32(24(22)33)15-18-9-6-5-8-17(18)13-26/h5-6,8-9,19H,7,10-12,15-16,28H2,1-2H3/t19-/m1/s1. The van der Waals surface area contributed by atoms with Crippen LogP contribution in [-0.4, -0.2) is 32.8 Å². The third-order valence-electron chi connectivity index (χ3n) is 6.26. The van der Waals surface area contributed by atoms with Crippen LogP contribution in [0.4, 0.5) is 5.82 Å². The molecular formula is C25H25N7O2. The average Bonchev–Trinajstić information content (AvgIpc) is 3.18. The summed E-state index contributed by atoms with van der Waals surface area (Å²) in [6.45, 7) is 3.08. The number of fused-ring (bicyclic) bond motifs is 1. The molecule has 3 aromatic rings. The zero-order valence-electron chi connectivity index (χ0n) is 19.2. The van der Waals surface area contributed by atoms with Gasteiger partial charge >= 0.3 is 5.69 Å². The molecule has 2 aromatic heterocycles. The van der Waals surface area contributed by atoms with Crippen molar-refractivity contribution in [1.82, 2.24) is 13.7 Å². The summed E-state index contributed by atoms with van der Waals surface area (Å²) in [7, 11) is 1.55. The van der Waals surface area contributed by atoms with Gasteiger partial charge in [0, 0.05) is 26.2 Å². The van der Waals surface area contributed by atoms with Gasteiger partial charge in [-0.2, -0.15) is 10.5 Å². The second kappa shape index (κ2) is 9.31. The van der Waals surface area contributed by atoms with Gasteiger partial charge in [0.2, 0.25) is 0 Å². The Morgan fingerprint density at radius 1 is 1.12 bits per heavy atom. The van der Waals surface area contributed by atoms with Gasteiger partial charge in [-0.15, -0.1) is 5.92 Å². The van der Waals surface area contributed by atoms with Crippen LogP contribution >= 0.6 is 0 Å². The van der Waals surface area contributed by atoms with Crippen molar-refractivity contribution in [2.24, 2.45) is 12.8 Å². The zero-order chi connectivity index (χ0) is 24.4. The average molecular weight is 456 g/mol. The predicted octanol–water partition coefficient (Wildman–Crippen LogP) is 1.24. The van der Waals surface area contributed by atoms with Gasteiger partial charge in [0.1, 0.15) is 23.0 Å². The number of benzene rings is 1. The minimum atomic E-state index is -0.553. The number of nitrogens with two attached hydrogens (primary N) is 1. The lowest BCUT2D eigenvalue weighted by Crippen LogP contribution is -2.44. The predicted molar refractivity (Wildman–Crippen MR) is 129 cm³/mol. The van der Waals surface area contributed by atoms with Crippen molar-refractivity contribution < 1.29 is 0 Å². The molecule has 1 aliphatic heterocycles. The summed E-state index contributed by atoms with van der Waals surface area (Å²) in [5.41, 5.74) is 6.89. The van der Waals surface area contributed by atoms with Crippen LogP contribution in [0.2, 0.25) is 0 Å². The molecule has 172 valence electrons. The number of nitriles is 2. The Morgan fingerprint density at radius 3 is 2.56 bits per heavy atom. The van der Waals surface area contributed by atoms with E-state index in [1.807, 2.05) is 4.90 Å². The Kier molecular flexibility index (Phi) is 6.27. The van der Waals surface area contributed by atoms with Crippen LogP contribution in [0.15, 0.2) is 33.9 Å². The molecule has 9 nitrogen and oxygen atoms in total. The van der Waals surface area contributed by atoms with Crippen molar-refractivity contribution in [3.8, 4) is 24.0 Å². The van der Waals surface area contributed by atoms with E-state index in [1.165, 1.54) is 4.57 Å². The first-order chi connectivity index (χ1) is 16.4. The highest BCUT2D eigenvalue weighted by Crippen LogP contribution is 2.32. The van der Waals surface area contributed by atoms with Gasteiger partial charge in [-0.05, 0) is 31.4 Å². The number of hydrogen-bond donors (Lipinski definition) is 1. The van der Waals surface area contributed by atoms with Crippen LogP contribution < -0.4 is 21.9 Å². The quantitative estimate of drug-likeness (QED) is 0.590. The molecule has 0 aliphatic carbocycles. The number of aromatic nitrogens is 3. The maximum Gasteiger partial charge on any atom is 0.331 e. The van der Waals surface area contributed by atoms with Crippen LogP contribution in [0.25, 0.3) is 11.0 Å². The molecule has 1 saturated heterocycles. The van der Waals surface area contributed by atoms with Crippen molar-refractivity contribution in [1.29, 1.82) is 10.5 Å². The van der Waals surface area contributed by atoms with Gasteiger partial charge in [-0.3, -0.25) is 13.9 Å². The van der Waals surface area contributed by atoms with Crippen molar-refractivity contribution in [2.75, 3.05) is 18.0 Å². The number of rotatable bonds is 4. The molecule has 9 heteroatoms. The van der Waals surface area contributed by atoms with Crippen LogP contribution in [0.3, 0.4) is 0 Å². The molecule has 34 heavy (non-hydrogen) atoms. The summed E-state index contributed by atoms with van der Waals surface area (Å²) < 4.78 is 4.19. The third kappa shape index (κ3) is 3.75. The molecule has 1 atom stereocenters. The molecule has 0 spiro atoms. The Labute approximate surface area is 196 Å². The fourth-order valence-corrected chi connectivity index (χ4v) is 4.65. The first kappa shape index (κ1) is 22.9. The summed E-state index contributed by atoms with van der Waals surface area (Å²) in [5.74, 6) is 6.42. The lowest BCUT2D eigenvalue weighted by molar-refractivity contribution is 0.499. The van der Waals surface area contributed by atoms with E-state index < -0.39 is 11.2 Å². The Hall–Kier alpha value is -4.26. The van der Waals surface area contributed by atoms with E-state index >= 15 is 0 Å². The van der Waals surface area contributed by atoms with Gasteiger partial charge in [-0.1, -0.05) is 24.1 Å². The fraction of sp³-hybridized carbons (Fsp3) is 0.360. The molecule has 1 aliphatic rings. The summed E-state index contributed by atoms with van der Waals surface area (Å²) in [4.78, 5) is 29.1. The molecule has 1 aromatic carbocycles. The van der Waals surface area contributed by atoms with Gasteiger partial charge in [-0.25, -0.2) is 4.79 Å². The van der Waals surface area contributed by atoms with E-state index in [0.29, 0.717) is 30.0 Å². The molecule has 1 fully saturated rings. The van der Waals surface area contributed by atoms with E-state index in [9.17, 15) is 20.1 Å². The molecule has 2 N–H and O–H groups in total. The van der Waals surface area contributed by atoms with Crippen molar-refractivity contribution in [3.05, 3.63) is 61.8 Å². The largest absolute Gasteiger partial charge is 0.355 e. The van der Waals surface area contributed by atoms with Gasteiger partial charge in [0.25, 0.3) is 5.56 Å². The normalized spacial score (nSPS) is 15.4. The van der Waals surface area contributed by atoms with E-state index in [-0.39, 0.29) is 35.7 Å². The fourth-order valence-electron chi connectivity index (χ4n) is 4.65. The van der Waals surface area contributed by atoms with Gasteiger partial charge in [0.05, 0.1) is 30.2 Å². The zero-order valence-corrected chi connectivity index (χ0v) is 19.2. The number of hydrogen-bond acceptors (Lipinski definition) is 6. The number of aryl methyl sites for hydroxylation is 1. The molecule has 0 bridgehead atoms. The molecule has 3 heterocycles. The van der Waals surface area contributed by atoms with Crippen LogP contribution in [-0.2, 0) is 20.1 Å². The first-order valence-corrected chi connectivity index (χ1v) is 11.1. The first-order valence-electron chi connectivity index (χ1n) is 11.1. The smallest absolute Gasteiger partial charge is 0.331 e. The van der Waals surface area contributed by atoms with Crippen LogP contribution in [0, 0.1) is 34.5 Å². The molecule has 0 amide bonds. The maximum absolute atomic E-state index is 13.8. The van der Waals surface area contributed by atoms with Crippen molar-refractivity contribution >= 4 is 16.9 Å². The molecule has 0 unspecified atom stereocenters. The Bertz CT molecular complexity index is 1530. The van der Waals surface area contributed by atoms with Gasteiger partial charge < -0.3 is 15.2 Å². The molecule has 0 saturated carbocycles. The second-order valence-corrected chi connectivity index (χ2v) is 8.37. The number of nitrogens with zero attached hydrogens (tertiary/aromatic N) is 6. The third-order valence-corrected chi connectivity index (χ3v) is 6.26. The topological polar surface area (TPSA) is 126 Å². The summed E-state index contributed by atoms with van der Waals surface area (Å²) in [5, 5.41) is 19.6. The maximum atomic E-state index is 13.8. The summed E-state index contributed by atoms with van der Waals surface area (Å²) in [6.07, 6.45) is 1.75. The molecule has 4 rings (SSSR count). The summed E-state index contributed by atoms with van der Waals surface area (Å²) in [6, 6.07) is 11.1. The van der Waals surface area contributed by atoms with Crippen molar-refractivity contribution in [3.63, 3.8) is 0 Å². The Balaban J connectivity index is 2.05. The molecular weight excluding hydrogens is 430 g/mol. The minimum Gasteiger partial charge on any atom is -0.355 e. The highest BCUT2D eigenvalue weighted by molar-refractivity contribution is 5.90. The second-order valence-electron chi connectivity index (χ2n) is 8.37.